The van der Waals surface area contributed by atoms with Crippen molar-refractivity contribution in [2.45, 2.75) is 57.9 Å². The highest BCUT2D eigenvalue weighted by Gasteiger charge is 2.53. The maximum Gasteiger partial charge on any atom is 0.235 e. The molecule has 2 rings (SSSR count). The van der Waals surface area contributed by atoms with Crippen LogP contribution in [0.25, 0.3) is 0 Å². The Kier molecular flexibility index (Phi) is 3.02. The summed E-state index contributed by atoms with van der Waals surface area (Å²) in [6.07, 6.45) is 4.86. The summed E-state index contributed by atoms with van der Waals surface area (Å²) in [5.41, 5.74) is -1.21. The van der Waals surface area contributed by atoms with E-state index in [0.29, 0.717) is 0 Å². The fraction of sp³-hybridized carbons (Fsp3) is 0.846. The van der Waals surface area contributed by atoms with Gasteiger partial charge in [0.15, 0.2) is 0 Å². The van der Waals surface area contributed by atoms with Crippen LogP contribution in [0.5, 0.6) is 0 Å². The van der Waals surface area contributed by atoms with Gasteiger partial charge in [0, 0.05) is 6.42 Å². The number of nitrogens with zero attached hydrogens (tertiary/aromatic N) is 1. The average molecular weight is 239 g/mol. The number of carbonyl (C=O) groups excluding carboxylic acids is 2. The number of imide groups is 1. The number of carbonyl (C=O) groups is 2. The van der Waals surface area contributed by atoms with Gasteiger partial charge in [0.2, 0.25) is 11.8 Å². The SMILES string of the molecule is CC1(C)CC(=O)N(C2(CO)CCCCC2)C1=O. The highest BCUT2D eigenvalue weighted by Crippen LogP contribution is 2.41. The zero-order valence-corrected chi connectivity index (χ0v) is 10.7. The first-order chi connectivity index (χ1) is 7.93. The molecule has 0 spiro atoms. The summed E-state index contributed by atoms with van der Waals surface area (Å²) in [5, 5.41) is 9.66. The zero-order chi connectivity index (χ0) is 12.7. The van der Waals surface area contributed by atoms with Gasteiger partial charge in [-0.05, 0) is 12.8 Å². The van der Waals surface area contributed by atoms with Crippen LogP contribution in [0.2, 0.25) is 0 Å². The molecule has 4 heteroatoms. The number of amides is 2. The predicted octanol–water partition coefficient (Wildman–Crippen LogP) is 1.47. The van der Waals surface area contributed by atoms with Crippen molar-refractivity contribution < 1.29 is 14.7 Å². The molecule has 0 unspecified atom stereocenters. The van der Waals surface area contributed by atoms with Crippen LogP contribution >= 0.6 is 0 Å². The van der Waals surface area contributed by atoms with Gasteiger partial charge in [-0.2, -0.15) is 0 Å². The molecule has 1 heterocycles. The largest absolute Gasteiger partial charge is 0.394 e. The number of rotatable bonds is 2. The molecule has 2 aliphatic rings. The first kappa shape index (κ1) is 12.6. The first-order valence-corrected chi connectivity index (χ1v) is 6.41. The lowest BCUT2D eigenvalue weighted by atomic mass is 9.80. The molecule has 1 N–H and O–H groups in total. The Morgan fingerprint density at radius 1 is 1.18 bits per heavy atom. The second-order valence-electron chi connectivity index (χ2n) is 6.04. The number of hydrogen-bond acceptors (Lipinski definition) is 3. The Morgan fingerprint density at radius 2 is 1.76 bits per heavy atom. The fourth-order valence-corrected chi connectivity index (χ4v) is 3.09. The van der Waals surface area contributed by atoms with Gasteiger partial charge in [0.05, 0.1) is 17.6 Å². The van der Waals surface area contributed by atoms with Gasteiger partial charge in [-0.25, -0.2) is 0 Å². The number of hydrogen-bond donors (Lipinski definition) is 1. The molecule has 0 aromatic heterocycles. The van der Waals surface area contributed by atoms with Gasteiger partial charge in [0.1, 0.15) is 0 Å². The third-order valence-corrected chi connectivity index (χ3v) is 4.18. The first-order valence-electron chi connectivity index (χ1n) is 6.41. The lowest BCUT2D eigenvalue weighted by Gasteiger charge is -2.42. The number of aliphatic hydroxyl groups is 1. The third-order valence-electron chi connectivity index (χ3n) is 4.18. The van der Waals surface area contributed by atoms with Crippen molar-refractivity contribution in [3.8, 4) is 0 Å². The molecule has 1 saturated heterocycles. The quantitative estimate of drug-likeness (QED) is 0.742. The predicted molar refractivity (Wildman–Crippen MR) is 63.2 cm³/mol. The second kappa shape index (κ2) is 4.09. The molecule has 4 nitrogen and oxygen atoms in total. The van der Waals surface area contributed by atoms with E-state index in [0.717, 1.165) is 32.1 Å². The van der Waals surface area contributed by atoms with E-state index in [-0.39, 0.29) is 24.8 Å². The second-order valence-corrected chi connectivity index (χ2v) is 6.04. The molecule has 0 atom stereocenters. The van der Waals surface area contributed by atoms with Crippen LogP contribution in [0.1, 0.15) is 52.4 Å². The Morgan fingerprint density at radius 3 is 2.18 bits per heavy atom. The maximum atomic E-state index is 12.3. The van der Waals surface area contributed by atoms with Gasteiger partial charge in [-0.15, -0.1) is 0 Å². The molecular weight excluding hydrogens is 218 g/mol. The van der Waals surface area contributed by atoms with Crippen molar-refractivity contribution in [3.05, 3.63) is 0 Å². The van der Waals surface area contributed by atoms with Crippen molar-refractivity contribution >= 4 is 11.8 Å². The van der Waals surface area contributed by atoms with E-state index in [4.69, 9.17) is 0 Å². The monoisotopic (exact) mass is 239 g/mol. The molecule has 0 bridgehead atoms. The molecule has 1 aliphatic carbocycles. The van der Waals surface area contributed by atoms with Gasteiger partial charge in [-0.1, -0.05) is 33.1 Å². The minimum absolute atomic E-state index is 0.0967. The molecule has 1 aliphatic heterocycles. The summed E-state index contributed by atoms with van der Waals surface area (Å²) in [5.74, 6) is -0.227. The molecule has 17 heavy (non-hydrogen) atoms. The van der Waals surface area contributed by atoms with Crippen molar-refractivity contribution in [2.24, 2.45) is 5.41 Å². The maximum absolute atomic E-state index is 12.3. The molecule has 0 aromatic rings. The van der Waals surface area contributed by atoms with Crippen molar-refractivity contribution in [1.82, 2.24) is 4.90 Å². The van der Waals surface area contributed by atoms with Gasteiger partial charge < -0.3 is 5.11 Å². The Hall–Kier alpha value is -0.900. The van der Waals surface area contributed by atoms with E-state index in [1.54, 1.807) is 13.8 Å². The highest BCUT2D eigenvalue weighted by atomic mass is 16.3. The van der Waals surface area contributed by atoms with Gasteiger partial charge >= 0.3 is 0 Å². The fourth-order valence-electron chi connectivity index (χ4n) is 3.09. The minimum atomic E-state index is -0.611. The minimum Gasteiger partial charge on any atom is -0.394 e. The van der Waals surface area contributed by atoms with E-state index in [1.165, 1.54) is 4.90 Å². The Balaban J connectivity index is 2.31. The summed E-state index contributed by atoms with van der Waals surface area (Å²) < 4.78 is 0. The highest BCUT2D eigenvalue weighted by molar-refractivity contribution is 6.06. The summed E-state index contributed by atoms with van der Waals surface area (Å²) in [6.45, 7) is 3.52. The van der Waals surface area contributed by atoms with Crippen LogP contribution in [0, 0.1) is 5.41 Å². The van der Waals surface area contributed by atoms with E-state index in [9.17, 15) is 14.7 Å². The standard InChI is InChI=1S/C13H21NO3/c1-12(2)8-10(16)14(11(12)17)13(9-15)6-4-3-5-7-13/h15H,3-9H2,1-2H3. The Labute approximate surface area is 102 Å². The molecule has 1 saturated carbocycles. The van der Waals surface area contributed by atoms with Crippen LogP contribution in [-0.2, 0) is 9.59 Å². The van der Waals surface area contributed by atoms with E-state index < -0.39 is 11.0 Å². The van der Waals surface area contributed by atoms with Gasteiger partial charge in [-0.3, -0.25) is 14.5 Å². The topological polar surface area (TPSA) is 57.6 Å². The summed E-state index contributed by atoms with van der Waals surface area (Å²) >= 11 is 0. The van der Waals surface area contributed by atoms with E-state index in [2.05, 4.69) is 0 Å². The van der Waals surface area contributed by atoms with Crippen molar-refractivity contribution in [3.63, 3.8) is 0 Å². The summed E-state index contributed by atoms with van der Waals surface area (Å²) in [7, 11) is 0. The molecule has 2 amide bonds. The molecule has 0 aromatic carbocycles. The average Bonchev–Trinajstić information content (AvgIpc) is 2.49. The summed E-state index contributed by atoms with van der Waals surface area (Å²) in [6, 6.07) is 0. The lowest BCUT2D eigenvalue weighted by Crippen LogP contribution is -2.56. The molecule has 96 valence electrons. The zero-order valence-electron chi connectivity index (χ0n) is 10.7. The normalized spacial score (nSPS) is 27.6. The van der Waals surface area contributed by atoms with Gasteiger partial charge in [0.25, 0.3) is 0 Å². The smallest absolute Gasteiger partial charge is 0.235 e. The van der Waals surface area contributed by atoms with Crippen LogP contribution in [-0.4, -0.2) is 34.0 Å². The Bertz CT molecular complexity index is 343. The van der Waals surface area contributed by atoms with E-state index in [1.807, 2.05) is 0 Å². The molecule has 0 radical (unpaired) electrons. The molecule has 2 fully saturated rings. The number of likely N-dealkylation sites (tertiary alicyclic amines) is 1. The molecular formula is C13H21NO3. The van der Waals surface area contributed by atoms with Crippen molar-refractivity contribution in [2.75, 3.05) is 6.61 Å². The van der Waals surface area contributed by atoms with Crippen LogP contribution < -0.4 is 0 Å². The van der Waals surface area contributed by atoms with Crippen LogP contribution in [0.4, 0.5) is 0 Å². The summed E-state index contributed by atoms with van der Waals surface area (Å²) in [4.78, 5) is 25.7. The third kappa shape index (κ3) is 1.88. The number of aliphatic hydroxyl groups excluding tert-OH is 1. The van der Waals surface area contributed by atoms with Crippen LogP contribution in [0.15, 0.2) is 0 Å². The van der Waals surface area contributed by atoms with E-state index >= 15 is 0 Å². The van der Waals surface area contributed by atoms with Crippen molar-refractivity contribution in [1.29, 1.82) is 0 Å². The lowest BCUT2D eigenvalue weighted by molar-refractivity contribution is -0.152. The van der Waals surface area contributed by atoms with Crippen LogP contribution in [0.3, 0.4) is 0 Å².